The Morgan fingerprint density at radius 1 is 1.80 bits per heavy atom. The van der Waals surface area contributed by atoms with E-state index in [1.807, 2.05) is 0 Å². The average Bonchev–Trinajstić information content (AvgIpc) is 1.41. The maximum absolute atomic E-state index is 9.23. The summed E-state index contributed by atoms with van der Waals surface area (Å²) in [5.74, 6) is 0. The van der Waals surface area contributed by atoms with Gasteiger partial charge in [-0.2, -0.15) is 0 Å². The molecule has 0 amide bonds. The van der Waals surface area contributed by atoms with Crippen molar-refractivity contribution >= 4 is 0 Å². The number of hydrogen-bond acceptors (Lipinski definition) is 2. The maximum Gasteiger partial charge on any atom is 0.182 e. The van der Waals surface area contributed by atoms with Crippen molar-refractivity contribution in [1.82, 2.24) is 0 Å². The first-order valence-electron chi connectivity index (χ1n) is 1.27. The molecule has 0 fully saturated rings. The van der Waals surface area contributed by atoms with Gasteiger partial charge in [-0.15, -0.1) is 0 Å². The second-order valence-electron chi connectivity index (χ2n) is 0.489. The number of rotatable bonds is 2. The molecule has 3 nitrogen and oxygen atoms in total. The minimum absolute atomic E-state index is 0.0312. The lowest BCUT2D eigenvalue weighted by molar-refractivity contribution is -0.0410. The first-order chi connectivity index (χ1) is 2.41. The molecule has 2 N–H and O–H groups in total. The first kappa shape index (κ1) is 4.88. The summed E-state index contributed by atoms with van der Waals surface area (Å²) in [5, 5.41) is 9.23. The summed E-state index contributed by atoms with van der Waals surface area (Å²) < 4.78 is 4.06. The molecular weight excluding hydrogens is 70.0 g/mol. The van der Waals surface area contributed by atoms with Crippen LogP contribution in [0.15, 0.2) is 0 Å². The van der Waals surface area contributed by atoms with Crippen LogP contribution in [0.5, 0.6) is 0 Å². The summed E-state index contributed by atoms with van der Waals surface area (Å²) in [6.07, 6.45) is 0. The fourth-order valence-electron chi connectivity index (χ4n) is 0.0481. The van der Waals surface area contributed by atoms with E-state index < -0.39 is 6.79 Å². The van der Waals surface area contributed by atoms with Crippen molar-refractivity contribution in [3.8, 4) is 0 Å². The van der Waals surface area contributed by atoms with Gasteiger partial charge >= 0.3 is 0 Å². The van der Waals surface area contributed by atoms with Crippen LogP contribution in [0.4, 0.5) is 0 Å². The second-order valence-corrected chi connectivity index (χ2v) is 0.489. The van der Waals surface area contributed by atoms with E-state index in [-0.39, 0.29) is 6.73 Å². The summed E-state index contributed by atoms with van der Waals surface area (Å²) in [5.41, 5.74) is 4.72. The molecule has 0 aliphatic rings. The highest BCUT2D eigenvalue weighted by atomic mass is 16.6. The maximum atomic E-state index is 9.23. The van der Waals surface area contributed by atoms with E-state index in [9.17, 15) is 5.11 Å². The molecular formula is C2H6NO2. The third kappa shape index (κ3) is 3.88. The summed E-state index contributed by atoms with van der Waals surface area (Å²) in [6.45, 7) is -0.500. The molecule has 0 aromatic heterocycles. The highest BCUT2D eigenvalue weighted by Crippen LogP contribution is 1.54. The number of ether oxygens (including phenoxy) is 1. The van der Waals surface area contributed by atoms with Crippen molar-refractivity contribution in [1.29, 1.82) is 0 Å². The summed E-state index contributed by atoms with van der Waals surface area (Å²) in [7, 11) is 0. The van der Waals surface area contributed by atoms with Gasteiger partial charge < -0.3 is 10.5 Å². The standard InChI is InChI=1S/C2H6NO2/c3-1-5-2-4/h1-3H2. The van der Waals surface area contributed by atoms with E-state index in [1.165, 1.54) is 0 Å². The summed E-state index contributed by atoms with van der Waals surface area (Å²) in [6, 6.07) is 0. The van der Waals surface area contributed by atoms with Crippen LogP contribution in [0, 0.1) is 0 Å². The van der Waals surface area contributed by atoms with Crippen LogP contribution in [-0.4, -0.2) is 13.5 Å². The lowest BCUT2D eigenvalue weighted by atomic mass is 11.3. The van der Waals surface area contributed by atoms with Crippen molar-refractivity contribution in [2.24, 2.45) is 5.73 Å². The van der Waals surface area contributed by atoms with Crippen LogP contribution in [0.25, 0.3) is 0 Å². The van der Waals surface area contributed by atoms with Gasteiger partial charge in [0.1, 0.15) is 0 Å². The molecule has 1 radical (unpaired) electrons. The van der Waals surface area contributed by atoms with E-state index >= 15 is 0 Å². The molecule has 0 spiro atoms. The van der Waals surface area contributed by atoms with E-state index in [4.69, 9.17) is 5.73 Å². The highest BCUT2D eigenvalue weighted by molar-refractivity contribution is 3.94. The van der Waals surface area contributed by atoms with Crippen molar-refractivity contribution in [3.05, 3.63) is 0 Å². The smallest absolute Gasteiger partial charge is 0.182 e. The summed E-state index contributed by atoms with van der Waals surface area (Å²) in [4.78, 5) is 0. The first-order valence-corrected chi connectivity index (χ1v) is 1.27. The molecule has 31 valence electrons. The van der Waals surface area contributed by atoms with E-state index in [0.717, 1.165) is 0 Å². The van der Waals surface area contributed by atoms with E-state index in [0.29, 0.717) is 0 Å². The Morgan fingerprint density at radius 2 is 2.40 bits per heavy atom. The molecule has 5 heavy (non-hydrogen) atoms. The largest absolute Gasteiger partial charge is 0.337 e. The molecule has 0 bridgehead atoms. The minimum Gasteiger partial charge on any atom is -0.337 e. The van der Waals surface area contributed by atoms with Crippen LogP contribution in [0.2, 0.25) is 0 Å². The molecule has 0 atom stereocenters. The van der Waals surface area contributed by atoms with Crippen LogP contribution in [0.3, 0.4) is 0 Å². The second kappa shape index (κ2) is 3.88. The SMILES string of the molecule is NCOC[O]. The van der Waals surface area contributed by atoms with Crippen molar-refractivity contribution in [3.63, 3.8) is 0 Å². The number of hydrogen-bond donors (Lipinski definition) is 1. The zero-order valence-corrected chi connectivity index (χ0v) is 2.81. The lowest BCUT2D eigenvalue weighted by Crippen LogP contribution is -2.03. The third-order valence-corrected chi connectivity index (χ3v) is 0.201. The van der Waals surface area contributed by atoms with Crippen LogP contribution in [0.1, 0.15) is 0 Å². The van der Waals surface area contributed by atoms with Gasteiger partial charge in [0.15, 0.2) is 6.79 Å². The van der Waals surface area contributed by atoms with Gasteiger partial charge in [0, 0.05) is 0 Å². The topological polar surface area (TPSA) is 55.1 Å². The highest BCUT2D eigenvalue weighted by Gasteiger charge is 1.67. The molecule has 0 unspecified atom stereocenters. The molecule has 3 heteroatoms. The Morgan fingerprint density at radius 3 is 2.40 bits per heavy atom. The van der Waals surface area contributed by atoms with Gasteiger partial charge in [0.05, 0.1) is 6.73 Å². The lowest BCUT2D eigenvalue weighted by Gasteiger charge is -1.83. The predicted molar refractivity (Wildman–Crippen MR) is 15.7 cm³/mol. The van der Waals surface area contributed by atoms with Crippen LogP contribution >= 0.6 is 0 Å². The molecule has 0 aliphatic carbocycles. The Labute approximate surface area is 30.4 Å². The van der Waals surface area contributed by atoms with Gasteiger partial charge in [-0.3, -0.25) is 0 Å². The fourth-order valence-corrected chi connectivity index (χ4v) is 0.0481. The van der Waals surface area contributed by atoms with Gasteiger partial charge in [-0.25, -0.2) is 5.11 Å². The average molecular weight is 76.1 g/mol. The van der Waals surface area contributed by atoms with E-state index in [1.54, 1.807) is 0 Å². The molecule has 0 aromatic rings. The fraction of sp³-hybridized carbons (Fsp3) is 1.00. The zero-order chi connectivity index (χ0) is 4.12. The summed E-state index contributed by atoms with van der Waals surface area (Å²) >= 11 is 0. The van der Waals surface area contributed by atoms with Gasteiger partial charge in [-0.05, 0) is 0 Å². The van der Waals surface area contributed by atoms with Crippen molar-refractivity contribution in [2.45, 2.75) is 0 Å². The van der Waals surface area contributed by atoms with Crippen molar-refractivity contribution in [2.75, 3.05) is 13.5 Å². The Hall–Kier alpha value is -0.120. The van der Waals surface area contributed by atoms with Crippen molar-refractivity contribution < 1.29 is 9.84 Å². The molecule has 0 saturated carbocycles. The number of nitrogens with two attached hydrogens (primary N) is 1. The zero-order valence-electron chi connectivity index (χ0n) is 2.81. The van der Waals surface area contributed by atoms with Gasteiger partial charge in [-0.1, -0.05) is 0 Å². The molecule has 0 aromatic carbocycles. The minimum atomic E-state index is -0.531. The Bertz CT molecular complexity index is 15.1. The molecule has 0 saturated heterocycles. The predicted octanol–water partition coefficient (Wildman–Crippen LogP) is -0.693. The monoisotopic (exact) mass is 76.0 g/mol. The molecule has 0 rings (SSSR count). The van der Waals surface area contributed by atoms with Gasteiger partial charge in [0.25, 0.3) is 0 Å². The molecule has 0 heterocycles. The quantitative estimate of drug-likeness (QED) is 0.442. The van der Waals surface area contributed by atoms with Gasteiger partial charge in [0.2, 0.25) is 0 Å². The van der Waals surface area contributed by atoms with Crippen LogP contribution < -0.4 is 5.73 Å². The Balaban J connectivity index is 2.19. The van der Waals surface area contributed by atoms with Crippen LogP contribution in [-0.2, 0) is 9.84 Å². The Kier molecular flexibility index (Phi) is 3.79. The molecule has 0 aliphatic heterocycles. The van der Waals surface area contributed by atoms with E-state index in [2.05, 4.69) is 4.74 Å². The third-order valence-electron chi connectivity index (χ3n) is 0.201. The normalized spacial score (nSPS) is 8.40.